The first-order valence-electron chi connectivity index (χ1n) is 7.34. The maximum atomic E-state index is 6.38. The summed E-state index contributed by atoms with van der Waals surface area (Å²) in [6.07, 6.45) is 9.34. The van der Waals surface area contributed by atoms with Crippen LogP contribution in [-0.2, 0) is 0 Å². The van der Waals surface area contributed by atoms with E-state index in [0.717, 1.165) is 6.04 Å². The zero-order valence-corrected chi connectivity index (χ0v) is 11.6. The minimum absolute atomic E-state index is 0.415. The second-order valence-corrected chi connectivity index (χ2v) is 6.12. The summed E-state index contributed by atoms with van der Waals surface area (Å²) in [6, 6.07) is 1.80. The Balaban J connectivity index is 1.95. The summed E-state index contributed by atoms with van der Waals surface area (Å²) in [6.45, 7) is 2.49. The lowest BCUT2D eigenvalue weighted by atomic mass is 9.97. The van der Waals surface area contributed by atoms with Crippen LogP contribution in [0, 0.1) is 0 Å². The molecule has 1 saturated carbocycles. The molecule has 1 aliphatic heterocycles. The van der Waals surface area contributed by atoms with E-state index < -0.39 is 0 Å². The smallest absolute Gasteiger partial charge is 0.0247 e. The number of piperidine rings is 1. The van der Waals surface area contributed by atoms with Crippen LogP contribution in [0.2, 0.25) is 0 Å². The standard InChI is InChI=1S/C14H29N3/c1-16(2)12-7-6-10-17(11-12)14-9-5-3-4-8-13(14)15/h12-14H,3-11,15H2,1-2H3. The summed E-state index contributed by atoms with van der Waals surface area (Å²) in [4.78, 5) is 5.07. The molecule has 17 heavy (non-hydrogen) atoms. The zero-order chi connectivity index (χ0) is 12.3. The van der Waals surface area contributed by atoms with Crippen molar-refractivity contribution >= 4 is 0 Å². The fourth-order valence-electron chi connectivity index (χ4n) is 3.48. The lowest BCUT2D eigenvalue weighted by Crippen LogP contribution is -2.54. The number of hydrogen-bond donors (Lipinski definition) is 1. The van der Waals surface area contributed by atoms with Crippen molar-refractivity contribution in [2.45, 2.75) is 63.1 Å². The molecule has 1 aliphatic carbocycles. The Morgan fingerprint density at radius 1 is 1.00 bits per heavy atom. The molecule has 0 spiro atoms. The van der Waals surface area contributed by atoms with Crippen LogP contribution in [0.15, 0.2) is 0 Å². The van der Waals surface area contributed by atoms with Gasteiger partial charge >= 0.3 is 0 Å². The fraction of sp³-hybridized carbons (Fsp3) is 1.00. The van der Waals surface area contributed by atoms with Gasteiger partial charge in [0.2, 0.25) is 0 Å². The molecular formula is C14H29N3. The Kier molecular flexibility index (Phi) is 4.83. The highest BCUT2D eigenvalue weighted by Crippen LogP contribution is 2.25. The molecule has 0 aromatic heterocycles. The highest BCUT2D eigenvalue weighted by Gasteiger charge is 2.30. The normalized spacial score (nSPS) is 37.1. The van der Waals surface area contributed by atoms with Gasteiger partial charge in [0, 0.05) is 24.7 Å². The lowest BCUT2D eigenvalue weighted by Gasteiger charge is -2.42. The van der Waals surface area contributed by atoms with Gasteiger partial charge in [0.05, 0.1) is 0 Å². The van der Waals surface area contributed by atoms with E-state index in [0.29, 0.717) is 12.1 Å². The first kappa shape index (κ1) is 13.3. The van der Waals surface area contributed by atoms with Crippen molar-refractivity contribution in [3.63, 3.8) is 0 Å². The van der Waals surface area contributed by atoms with Crippen molar-refractivity contribution in [1.82, 2.24) is 9.80 Å². The third-order valence-electron chi connectivity index (χ3n) is 4.66. The van der Waals surface area contributed by atoms with Gasteiger partial charge in [-0.15, -0.1) is 0 Å². The van der Waals surface area contributed by atoms with Crippen molar-refractivity contribution in [2.75, 3.05) is 27.2 Å². The molecule has 2 rings (SSSR count). The predicted molar refractivity (Wildman–Crippen MR) is 73.1 cm³/mol. The Morgan fingerprint density at radius 2 is 1.76 bits per heavy atom. The molecule has 0 amide bonds. The number of nitrogens with two attached hydrogens (primary N) is 1. The molecule has 3 atom stereocenters. The second kappa shape index (κ2) is 6.17. The molecule has 0 radical (unpaired) electrons. The second-order valence-electron chi connectivity index (χ2n) is 6.12. The summed E-state index contributed by atoms with van der Waals surface area (Å²) in [7, 11) is 4.42. The monoisotopic (exact) mass is 239 g/mol. The molecule has 2 fully saturated rings. The topological polar surface area (TPSA) is 32.5 Å². The van der Waals surface area contributed by atoms with Gasteiger partial charge in [-0.3, -0.25) is 4.90 Å². The molecule has 1 heterocycles. The van der Waals surface area contributed by atoms with E-state index in [9.17, 15) is 0 Å². The molecule has 3 heteroatoms. The van der Waals surface area contributed by atoms with Crippen molar-refractivity contribution in [3.8, 4) is 0 Å². The Morgan fingerprint density at radius 3 is 2.53 bits per heavy atom. The zero-order valence-electron chi connectivity index (χ0n) is 11.6. The van der Waals surface area contributed by atoms with Crippen molar-refractivity contribution in [3.05, 3.63) is 0 Å². The highest BCUT2D eigenvalue weighted by atomic mass is 15.2. The molecule has 3 unspecified atom stereocenters. The summed E-state index contributed by atoms with van der Waals surface area (Å²) in [5, 5.41) is 0. The van der Waals surface area contributed by atoms with E-state index in [4.69, 9.17) is 5.73 Å². The molecular weight excluding hydrogens is 210 g/mol. The van der Waals surface area contributed by atoms with Crippen LogP contribution in [0.4, 0.5) is 0 Å². The maximum absolute atomic E-state index is 6.38. The number of likely N-dealkylation sites (N-methyl/N-ethyl adjacent to an activating group) is 1. The quantitative estimate of drug-likeness (QED) is 0.744. The molecule has 1 saturated heterocycles. The van der Waals surface area contributed by atoms with Gasteiger partial charge in [-0.25, -0.2) is 0 Å². The summed E-state index contributed by atoms with van der Waals surface area (Å²) < 4.78 is 0. The SMILES string of the molecule is CN(C)C1CCCN(C2CCCCCC2N)C1. The van der Waals surface area contributed by atoms with Crippen LogP contribution in [0.1, 0.15) is 44.9 Å². The van der Waals surface area contributed by atoms with Crippen molar-refractivity contribution < 1.29 is 0 Å². The Labute approximate surface area is 106 Å². The van der Waals surface area contributed by atoms with Crippen molar-refractivity contribution in [2.24, 2.45) is 5.73 Å². The molecule has 0 bridgehead atoms. The van der Waals surface area contributed by atoms with Gasteiger partial charge in [0.1, 0.15) is 0 Å². The molecule has 100 valence electrons. The van der Waals surface area contributed by atoms with E-state index in [1.807, 2.05) is 0 Å². The third kappa shape index (κ3) is 3.43. The van der Waals surface area contributed by atoms with Gasteiger partial charge < -0.3 is 10.6 Å². The molecule has 2 aliphatic rings. The molecule has 0 aromatic rings. The third-order valence-corrected chi connectivity index (χ3v) is 4.66. The van der Waals surface area contributed by atoms with Gasteiger partial charge in [-0.1, -0.05) is 19.3 Å². The van der Waals surface area contributed by atoms with E-state index in [-0.39, 0.29) is 0 Å². The lowest BCUT2D eigenvalue weighted by molar-refractivity contribution is 0.0810. The van der Waals surface area contributed by atoms with Crippen LogP contribution in [-0.4, -0.2) is 55.1 Å². The first-order chi connectivity index (χ1) is 8.18. The molecule has 3 nitrogen and oxygen atoms in total. The van der Waals surface area contributed by atoms with Crippen molar-refractivity contribution in [1.29, 1.82) is 0 Å². The number of hydrogen-bond acceptors (Lipinski definition) is 3. The minimum atomic E-state index is 0.415. The average molecular weight is 239 g/mol. The number of likely N-dealkylation sites (tertiary alicyclic amines) is 1. The molecule has 0 aromatic carbocycles. The maximum Gasteiger partial charge on any atom is 0.0247 e. The number of nitrogens with zero attached hydrogens (tertiary/aromatic N) is 2. The highest BCUT2D eigenvalue weighted by molar-refractivity contribution is 4.89. The predicted octanol–water partition coefficient (Wildman–Crippen LogP) is 1.67. The van der Waals surface area contributed by atoms with Crippen LogP contribution in [0.3, 0.4) is 0 Å². The minimum Gasteiger partial charge on any atom is -0.326 e. The average Bonchev–Trinajstić information content (AvgIpc) is 2.54. The van der Waals surface area contributed by atoms with Gasteiger partial charge in [-0.2, -0.15) is 0 Å². The summed E-state index contributed by atoms with van der Waals surface area (Å²) in [5.41, 5.74) is 6.38. The van der Waals surface area contributed by atoms with E-state index >= 15 is 0 Å². The van der Waals surface area contributed by atoms with E-state index in [1.54, 1.807) is 0 Å². The van der Waals surface area contributed by atoms with Gasteiger partial charge in [0.15, 0.2) is 0 Å². The largest absolute Gasteiger partial charge is 0.326 e. The Hall–Kier alpha value is -0.120. The van der Waals surface area contributed by atoms with Crippen LogP contribution >= 0.6 is 0 Å². The van der Waals surface area contributed by atoms with Crippen LogP contribution < -0.4 is 5.73 Å². The fourth-order valence-corrected chi connectivity index (χ4v) is 3.48. The van der Waals surface area contributed by atoms with Gasteiger partial charge in [0.25, 0.3) is 0 Å². The van der Waals surface area contributed by atoms with Crippen LogP contribution in [0.25, 0.3) is 0 Å². The number of rotatable bonds is 2. The summed E-state index contributed by atoms with van der Waals surface area (Å²) >= 11 is 0. The Bertz CT molecular complexity index is 230. The van der Waals surface area contributed by atoms with E-state index in [1.165, 1.54) is 58.0 Å². The summed E-state index contributed by atoms with van der Waals surface area (Å²) in [5.74, 6) is 0. The molecule has 2 N–H and O–H groups in total. The first-order valence-corrected chi connectivity index (χ1v) is 7.34. The van der Waals surface area contributed by atoms with E-state index in [2.05, 4.69) is 23.9 Å². The van der Waals surface area contributed by atoms with Gasteiger partial charge in [-0.05, 0) is 46.3 Å². The van der Waals surface area contributed by atoms with Crippen LogP contribution in [0.5, 0.6) is 0 Å².